The number of carbonyl (C=O) groups excluding carboxylic acids is 2. The highest BCUT2D eigenvalue weighted by atomic mass is 16.2. The molecule has 3 fully saturated rings. The summed E-state index contributed by atoms with van der Waals surface area (Å²) in [6, 6.07) is 7.69. The summed E-state index contributed by atoms with van der Waals surface area (Å²) in [5.74, 6) is 0.459. The van der Waals surface area contributed by atoms with Crippen LogP contribution in [0.4, 0.5) is 5.69 Å². The molecular formula is C18H17NO2. The van der Waals surface area contributed by atoms with E-state index < -0.39 is 0 Å². The summed E-state index contributed by atoms with van der Waals surface area (Å²) in [4.78, 5) is 27.2. The Hall–Kier alpha value is -1.90. The first-order chi connectivity index (χ1) is 10.1. The standard InChI is InChI=1S/C18H17NO2/c1-10-3-2-4-11(9-10)19-16(20)14-12-5-6-13(15(14)17(19)21)18(12)7-8-18/h2-6,9,12-15H,7-8H2,1H3/t12-,13-,14+,15+/m1/s1. The second-order valence-electron chi connectivity index (χ2n) is 7.07. The fourth-order valence-electron chi connectivity index (χ4n) is 5.10. The first-order valence-electron chi connectivity index (χ1n) is 7.76. The van der Waals surface area contributed by atoms with Gasteiger partial charge in [-0.05, 0) is 54.7 Å². The molecule has 0 aromatic heterocycles. The van der Waals surface area contributed by atoms with Crippen LogP contribution < -0.4 is 4.90 Å². The van der Waals surface area contributed by atoms with E-state index in [0.717, 1.165) is 11.3 Å². The third-order valence-electron chi connectivity index (χ3n) is 6.11. The molecule has 3 aliphatic carbocycles. The molecule has 2 bridgehead atoms. The maximum atomic E-state index is 12.9. The first kappa shape index (κ1) is 11.7. The molecule has 5 rings (SSSR count). The predicted molar refractivity (Wildman–Crippen MR) is 78.4 cm³/mol. The molecule has 21 heavy (non-hydrogen) atoms. The summed E-state index contributed by atoms with van der Waals surface area (Å²) in [6.07, 6.45) is 6.80. The van der Waals surface area contributed by atoms with Gasteiger partial charge in [-0.2, -0.15) is 0 Å². The Morgan fingerprint density at radius 2 is 1.67 bits per heavy atom. The van der Waals surface area contributed by atoms with E-state index in [2.05, 4.69) is 12.2 Å². The molecule has 0 N–H and O–H groups in total. The lowest BCUT2D eigenvalue weighted by molar-refractivity contribution is -0.123. The van der Waals surface area contributed by atoms with Gasteiger partial charge in [0.1, 0.15) is 0 Å². The topological polar surface area (TPSA) is 37.4 Å². The van der Waals surface area contributed by atoms with Crippen molar-refractivity contribution in [3.05, 3.63) is 42.0 Å². The molecule has 3 heteroatoms. The second kappa shape index (κ2) is 3.46. The van der Waals surface area contributed by atoms with Crippen molar-refractivity contribution in [2.24, 2.45) is 29.1 Å². The number of amides is 2. The molecule has 0 radical (unpaired) electrons. The number of fused-ring (bicyclic) bond motifs is 3. The van der Waals surface area contributed by atoms with Crippen molar-refractivity contribution in [1.29, 1.82) is 0 Å². The summed E-state index contributed by atoms with van der Waals surface area (Å²) >= 11 is 0. The number of nitrogens with zero attached hydrogens (tertiary/aromatic N) is 1. The maximum Gasteiger partial charge on any atom is 0.238 e. The summed E-state index contributed by atoms with van der Waals surface area (Å²) in [7, 11) is 0. The molecule has 1 heterocycles. The van der Waals surface area contributed by atoms with Gasteiger partial charge in [0, 0.05) is 0 Å². The lowest BCUT2D eigenvalue weighted by Crippen LogP contribution is -2.34. The third kappa shape index (κ3) is 1.22. The molecular weight excluding hydrogens is 262 g/mol. The Kier molecular flexibility index (Phi) is 1.93. The van der Waals surface area contributed by atoms with E-state index in [4.69, 9.17) is 0 Å². The number of allylic oxidation sites excluding steroid dienone is 2. The highest BCUT2D eigenvalue weighted by Crippen LogP contribution is 2.73. The summed E-state index contributed by atoms with van der Waals surface area (Å²) in [5, 5.41) is 0. The summed E-state index contributed by atoms with van der Waals surface area (Å²) in [6.45, 7) is 1.99. The van der Waals surface area contributed by atoms with Crippen molar-refractivity contribution in [3.8, 4) is 0 Å². The van der Waals surface area contributed by atoms with Crippen molar-refractivity contribution in [3.63, 3.8) is 0 Å². The van der Waals surface area contributed by atoms with Gasteiger partial charge < -0.3 is 0 Å². The van der Waals surface area contributed by atoms with Gasteiger partial charge in [-0.25, -0.2) is 0 Å². The van der Waals surface area contributed by atoms with Gasteiger partial charge in [-0.15, -0.1) is 0 Å². The molecule has 1 spiro atoms. The third-order valence-corrected chi connectivity index (χ3v) is 6.11. The van der Waals surface area contributed by atoms with Crippen molar-refractivity contribution in [1.82, 2.24) is 0 Å². The van der Waals surface area contributed by atoms with E-state index in [9.17, 15) is 9.59 Å². The zero-order valence-corrected chi connectivity index (χ0v) is 12.0. The Morgan fingerprint density at radius 3 is 2.19 bits per heavy atom. The van der Waals surface area contributed by atoms with Crippen LogP contribution in [0.1, 0.15) is 18.4 Å². The molecule has 1 aromatic carbocycles. The first-order valence-corrected chi connectivity index (χ1v) is 7.76. The number of hydrogen-bond donors (Lipinski definition) is 0. The van der Waals surface area contributed by atoms with Crippen LogP contribution in [0.3, 0.4) is 0 Å². The van der Waals surface area contributed by atoms with Gasteiger partial charge in [0.2, 0.25) is 11.8 Å². The highest BCUT2D eigenvalue weighted by Gasteiger charge is 2.73. The van der Waals surface area contributed by atoms with E-state index >= 15 is 0 Å². The minimum Gasteiger partial charge on any atom is -0.274 e. The predicted octanol–water partition coefficient (Wildman–Crippen LogP) is 2.70. The largest absolute Gasteiger partial charge is 0.274 e. The van der Waals surface area contributed by atoms with Crippen LogP contribution in [0.25, 0.3) is 0 Å². The normalized spacial score (nSPS) is 37.7. The van der Waals surface area contributed by atoms with E-state index in [1.54, 1.807) is 0 Å². The number of aryl methyl sites for hydroxylation is 1. The van der Waals surface area contributed by atoms with Gasteiger partial charge in [0.15, 0.2) is 0 Å². The number of rotatable bonds is 1. The Bertz CT molecular complexity index is 682. The highest BCUT2D eigenvalue weighted by molar-refractivity contribution is 6.23. The number of anilines is 1. The van der Waals surface area contributed by atoms with E-state index in [-0.39, 0.29) is 29.1 Å². The molecule has 0 unspecified atom stereocenters. The van der Waals surface area contributed by atoms with Crippen molar-refractivity contribution in [2.75, 3.05) is 4.90 Å². The molecule has 1 aromatic rings. The molecule has 1 saturated heterocycles. The zero-order chi connectivity index (χ0) is 14.4. The smallest absolute Gasteiger partial charge is 0.238 e. The van der Waals surface area contributed by atoms with Gasteiger partial charge in [0.25, 0.3) is 0 Å². The van der Waals surface area contributed by atoms with Crippen LogP contribution in [-0.4, -0.2) is 11.8 Å². The molecule has 4 atom stereocenters. The zero-order valence-electron chi connectivity index (χ0n) is 12.0. The maximum absolute atomic E-state index is 12.9. The van der Waals surface area contributed by atoms with Crippen molar-refractivity contribution in [2.45, 2.75) is 19.8 Å². The van der Waals surface area contributed by atoms with Crippen LogP contribution in [0.5, 0.6) is 0 Å². The van der Waals surface area contributed by atoms with Gasteiger partial charge in [-0.1, -0.05) is 24.3 Å². The van der Waals surface area contributed by atoms with E-state index in [1.807, 2.05) is 31.2 Å². The Balaban J connectivity index is 1.59. The van der Waals surface area contributed by atoms with Crippen molar-refractivity contribution >= 4 is 17.5 Å². The number of carbonyl (C=O) groups is 2. The van der Waals surface area contributed by atoms with Crippen LogP contribution in [0.15, 0.2) is 36.4 Å². The molecule has 106 valence electrons. The quantitative estimate of drug-likeness (QED) is 0.585. The van der Waals surface area contributed by atoms with E-state index in [0.29, 0.717) is 11.8 Å². The average molecular weight is 279 g/mol. The van der Waals surface area contributed by atoms with Crippen LogP contribution in [0.2, 0.25) is 0 Å². The fourth-order valence-corrected chi connectivity index (χ4v) is 5.10. The van der Waals surface area contributed by atoms with Crippen molar-refractivity contribution < 1.29 is 9.59 Å². The number of hydrogen-bond acceptors (Lipinski definition) is 2. The number of benzene rings is 1. The Labute approximate surface area is 123 Å². The second-order valence-corrected chi connectivity index (χ2v) is 7.07. The van der Waals surface area contributed by atoms with Gasteiger partial charge >= 0.3 is 0 Å². The lowest BCUT2D eigenvalue weighted by Gasteiger charge is -2.21. The minimum atomic E-state index is -0.101. The monoisotopic (exact) mass is 279 g/mol. The van der Waals surface area contributed by atoms with Crippen LogP contribution >= 0.6 is 0 Å². The summed E-state index contributed by atoms with van der Waals surface area (Å²) < 4.78 is 0. The lowest BCUT2D eigenvalue weighted by atomic mass is 9.85. The van der Waals surface area contributed by atoms with Gasteiger partial charge in [0.05, 0.1) is 17.5 Å². The number of imide groups is 1. The van der Waals surface area contributed by atoms with E-state index in [1.165, 1.54) is 17.7 Å². The molecule has 1 aliphatic heterocycles. The summed E-state index contributed by atoms with van der Waals surface area (Å²) in [5.41, 5.74) is 2.09. The van der Waals surface area contributed by atoms with Crippen LogP contribution in [-0.2, 0) is 9.59 Å². The average Bonchev–Trinajstić information content (AvgIpc) is 3.05. The van der Waals surface area contributed by atoms with Gasteiger partial charge in [-0.3, -0.25) is 14.5 Å². The van der Waals surface area contributed by atoms with Crippen LogP contribution in [0, 0.1) is 36.0 Å². The minimum absolute atomic E-state index is 0.0266. The molecule has 2 amide bonds. The molecule has 3 nitrogen and oxygen atoms in total. The molecule has 2 saturated carbocycles. The Morgan fingerprint density at radius 1 is 1.05 bits per heavy atom. The molecule has 4 aliphatic rings. The fraction of sp³-hybridized carbons (Fsp3) is 0.444. The SMILES string of the molecule is Cc1cccc(N2C(=O)[C@@H]3[C@@H](C2=O)[C@H]2C=C[C@H]3C23CC3)c1.